The third kappa shape index (κ3) is 3.23. The van der Waals surface area contributed by atoms with Crippen LogP contribution >= 0.6 is 0 Å². The highest BCUT2D eigenvalue weighted by atomic mass is 16.2. The van der Waals surface area contributed by atoms with Gasteiger partial charge in [-0.15, -0.1) is 0 Å². The van der Waals surface area contributed by atoms with Crippen LogP contribution in [0.2, 0.25) is 0 Å². The highest BCUT2D eigenvalue weighted by molar-refractivity contribution is 5.79. The van der Waals surface area contributed by atoms with Gasteiger partial charge in [-0.1, -0.05) is 6.92 Å². The molecule has 2 aliphatic heterocycles. The molecule has 1 amide bonds. The molecule has 104 valence electrons. The summed E-state index contributed by atoms with van der Waals surface area (Å²) in [5.41, 5.74) is 0. The second kappa shape index (κ2) is 6.53. The smallest absolute Gasteiger partial charge is 0.227 e. The van der Waals surface area contributed by atoms with Gasteiger partial charge in [-0.05, 0) is 32.7 Å². The molecule has 4 heteroatoms. The van der Waals surface area contributed by atoms with Crippen LogP contribution < -0.4 is 5.32 Å². The first-order valence-corrected chi connectivity index (χ1v) is 7.46. The molecule has 18 heavy (non-hydrogen) atoms. The molecule has 2 fully saturated rings. The topological polar surface area (TPSA) is 35.6 Å². The van der Waals surface area contributed by atoms with Crippen LogP contribution in [0.1, 0.15) is 33.1 Å². The van der Waals surface area contributed by atoms with Crippen molar-refractivity contribution in [1.29, 1.82) is 0 Å². The van der Waals surface area contributed by atoms with E-state index in [1.807, 2.05) is 0 Å². The van der Waals surface area contributed by atoms with Crippen LogP contribution in [0.25, 0.3) is 0 Å². The number of nitrogens with zero attached hydrogens (tertiary/aromatic N) is 2. The normalized spacial score (nSPS) is 28.1. The number of piperidine rings is 1. The van der Waals surface area contributed by atoms with Gasteiger partial charge in [-0.25, -0.2) is 0 Å². The molecule has 2 saturated heterocycles. The molecule has 0 spiro atoms. The minimum absolute atomic E-state index is 0.230. The highest BCUT2D eigenvalue weighted by Crippen LogP contribution is 2.16. The monoisotopic (exact) mass is 253 g/mol. The molecule has 2 aliphatic rings. The van der Waals surface area contributed by atoms with Crippen molar-refractivity contribution >= 4 is 5.91 Å². The van der Waals surface area contributed by atoms with Gasteiger partial charge in [0.25, 0.3) is 0 Å². The van der Waals surface area contributed by atoms with Crippen molar-refractivity contribution in [2.24, 2.45) is 5.92 Å². The van der Waals surface area contributed by atoms with Crippen molar-refractivity contribution in [3.8, 4) is 0 Å². The third-order valence-corrected chi connectivity index (χ3v) is 4.49. The summed E-state index contributed by atoms with van der Waals surface area (Å²) >= 11 is 0. The molecule has 0 bridgehead atoms. The van der Waals surface area contributed by atoms with Crippen molar-refractivity contribution in [2.75, 3.05) is 39.3 Å². The van der Waals surface area contributed by atoms with E-state index in [0.717, 1.165) is 52.1 Å². The highest BCUT2D eigenvalue weighted by Gasteiger charge is 2.29. The van der Waals surface area contributed by atoms with E-state index >= 15 is 0 Å². The van der Waals surface area contributed by atoms with Crippen molar-refractivity contribution < 1.29 is 4.79 Å². The Morgan fingerprint density at radius 2 is 2.06 bits per heavy atom. The van der Waals surface area contributed by atoms with Gasteiger partial charge in [-0.3, -0.25) is 9.69 Å². The summed E-state index contributed by atoms with van der Waals surface area (Å²) in [5.74, 6) is 0.611. The minimum atomic E-state index is 0.230. The van der Waals surface area contributed by atoms with Crippen LogP contribution in [-0.2, 0) is 4.79 Å². The molecule has 4 nitrogen and oxygen atoms in total. The summed E-state index contributed by atoms with van der Waals surface area (Å²) in [5, 5.41) is 3.33. The Morgan fingerprint density at radius 3 is 2.61 bits per heavy atom. The van der Waals surface area contributed by atoms with E-state index < -0.39 is 0 Å². The standard InChI is InChI=1S/C14H27N3O/c1-3-12(2)16-7-9-17(10-8-16)14(18)13-5-4-6-15-11-13/h12-13,15H,3-11H2,1-2H3. The molecule has 0 aromatic heterocycles. The van der Waals surface area contributed by atoms with E-state index in [1.165, 1.54) is 6.42 Å². The summed E-state index contributed by atoms with van der Waals surface area (Å²) in [7, 11) is 0. The van der Waals surface area contributed by atoms with Crippen molar-refractivity contribution in [3.63, 3.8) is 0 Å². The van der Waals surface area contributed by atoms with Crippen molar-refractivity contribution in [3.05, 3.63) is 0 Å². The first kappa shape index (κ1) is 13.8. The average Bonchev–Trinajstić information content (AvgIpc) is 2.47. The van der Waals surface area contributed by atoms with Gasteiger partial charge in [0, 0.05) is 38.8 Å². The minimum Gasteiger partial charge on any atom is -0.340 e. The van der Waals surface area contributed by atoms with Gasteiger partial charge in [0.1, 0.15) is 0 Å². The maximum atomic E-state index is 12.4. The van der Waals surface area contributed by atoms with E-state index in [0.29, 0.717) is 11.9 Å². The van der Waals surface area contributed by atoms with Gasteiger partial charge in [-0.2, -0.15) is 0 Å². The van der Waals surface area contributed by atoms with Crippen LogP contribution in [0.5, 0.6) is 0 Å². The first-order chi connectivity index (χ1) is 8.72. The molecule has 2 rings (SSSR count). The Morgan fingerprint density at radius 1 is 1.33 bits per heavy atom. The van der Waals surface area contributed by atoms with E-state index in [9.17, 15) is 4.79 Å². The van der Waals surface area contributed by atoms with Gasteiger partial charge < -0.3 is 10.2 Å². The first-order valence-electron chi connectivity index (χ1n) is 7.46. The van der Waals surface area contributed by atoms with E-state index in [1.54, 1.807) is 0 Å². The summed E-state index contributed by atoms with van der Waals surface area (Å²) in [4.78, 5) is 16.9. The Bertz CT molecular complexity index is 268. The van der Waals surface area contributed by atoms with Gasteiger partial charge >= 0.3 is 0 Å². The average molecular weight is 253 g/mol. The zero-order valence-corrected chi connectivity index (χ0v) is 11.8. The molecule has 2 atom stereocenters. The fourth-order valence-electron chi connectivity index (χ4n) is 2.96. The number of hydrogen-bond acceptors (Lipinski definition) is 3. The van der Waals surface area contributed by atoms with Gasteiger partial charge in [0.05, 0.1) is 5.92 Å². The number of hydrogen-bond donors (Lipinski definition) is 1. The maximum Gasteiger partial charge on any atom is 0.227 e. The number of rotatable bonds is 3. The molecule has 1 N–H and O–H groups in total. The van der Waals surface area contributed by atoms with Gasteiger partial charge in [0.2, 0.25) is 5.91 Å². The molecule has 0 aromatic rings. The number of nitrogens with one attached hydrogen (secondary N) is 1. The SMILES string of the molecule is CCC(C)N1CCN(C(=O)C2CCCNC2)CC1. The molecular weight excluding hydrogens is 226 g/mol. The summed E-state index contributed by atoms with van der Waals surface area (Å²) < 4.78 is 0. The Labute approximate surface area is 111 Å². The van der Waals surface area contributed by atoms with Crippen LogP contribution in [0.4, 0.5) is 0 Å². The predicted octanol–water partition coefficient (Wildman–Crippen LogP) is 0.929. The molecule has 2 unspecified atom stereocenters. The summed E-state index contributed by atoms with van der Waals surface area (Å²) in [6, 6.07) is 0.651. The molecule has 0 saturated carbocycles. The molecular formula is C14H27N3O. The number of carbonyl (C=O) groups excluding carboxylic acids is 1. The lowest BCUT2D eigenvalue weighted by Gasteiger charge is -2.39. The lowest BCUT2D eigenvalue weighted by Crippen LogP contribution is -2.53. The van der Waals surface area contributed by atoms with Crippen molar-refractivity contribution in [2.45, 2.75) is 39.2 Å². The Kier molecular flexibility index (Phi) is 5.01. The quantitative estimate of drug-likeness (QED) is 0.813. The van der Waals surface area contributed by atoms with E-state index in [-0.39, 0.29) is 5.92 Å². The predicted molar refractivity (Wildman–Crippen MR) is 73.5 cm³/mol. The van der Waals surface area contributed by atoms with Crippen LogP contribution in [0, 0.1) is 5.92 Å². The molecule has 0 aromatic carbocycles. The Hall–Kier alpha value is -0.610. The second-order valence-corrected chi connectivity index (χ2v) is 5.66. The zero-order chi connectivity index (χ0) is 13.0. The van der Waals surface area contributed by atoms with E-state index in [2.05, 4.69) is 29.0 Å². The lowest BCUT2D eigenvalue weighted by atomic mass is 9.98. The van der Waals surface area contributed by atoms with Crippen LogP contribution in [0.15, 0.2) is 0 Å². The maximum absolute atomic E-state index is 12.4. The fraction of sp³-hybridized carbons (Fsp3) is 0.929. The number of carbonyl (C=O) groups is 1. The molecule has 0 aliphatic carbocycles. The molecule has 2 heterocycles. The number of piperazine rings is 1. The molecule has 0 radical (unpaired) electrons. The largest absolute Gasteiger partial charge is 0.340 e. The van der Waals surface area contributed by atoms with Gasteiger partial charge in [0.15, 0.2) is 0 Å². The number of amides is 1. The lowest BCUT2D eigenvalue weighted by molar-refractivity contribution is -0.138. The fourth-order valence-corrected chi connectivity index (χ4v) is 2.96. The third-order valence-electron chi connectivity index (χ3n) is 4.49. The van der Waals surface area contributed by atoms with Crippen molar-refractivity contribution in [1.82, 2.24) is 15.1 Å². The summed E-state index contributed by atoms with van der Waals surface area (Å²) in [6.45, 7) is 10.4. The Balaban J connectivity index is 1.79. The van der Waals surface area contributed by atoms with Crippen LogP contribution in [-0.4, -0.2) is 61.0 Å². The van der Waals surface area contributed by atoms with E-state index in [4.69, 9.17) is 0 Å². The summed E-state index contributed by atoms with van der Waals surface area (Å²) in [6.07, 6.45) is 3.40. The second-order valence-electron chi connectivity index (χ2n) is 5.66. The zero-order valence-electron chi connectivity index (χ0n) is 11.8. The van der Waals surface area contributed by atoms with Crippen LogP contribution in [0.3, 0.4) is 0 Å².